The van der Waals surface area contributed by atoms with Crippen molar-refractivity contribution in [1.82, 2.24) is 0 Å². The number of sulfonamides is 1. The molecule has 0 aliphatic heterocycles. The molecule has 0 aliphatic carbocycles. The lowest BCUT2D eigenvalue weighted by molar-refractivity contribution is 0.598. The summed E-state index contributed by atoms with van der Waals surface area (Å²) in [6, 6.07) is 5.70. The van der Waals surface area contributed by atoms with Gasteiger partial charge in [0.05, 0.1) is 10.7 Å². The average molecular weight is 300 g/mol. The first kappa shape index (κ1) is 15.9. The Kier molecular flexibility index (Phi) is 4.92. The van der Waals surface area contributed by atoms with E-state index < -0.39 is 15.3 Å². The molecule has 0 amide bonds. The summed E-state index contributed by atoms with van der Waals surface area (Å²) >= 11 is 4.76. The van der Waals surface area contributed by atoms with Crippen molar-refractivity contribution in [1.29, 1.82) is 0 Å². The third-order valence-corrected chi connectivity index (χ3v) is 5.21. The maximum Gasteiger partial charge on any atom is 0.241 e. The molecule has 0 heterocycles. The first-order chi connectivity index (χ1) is 8.66. The van der Waals surface area contributed by atoms with E-state index in [0.717, 1.165) is 11.1 Å². The molecule has 0 bridgehead atoms. The van der Waals surface area contributed by atoms with Crippen LogP contribution in [0.4, 0.5) is 5.69 Å². The second-order valence-corrected chi connectivity index (χ2v) is 7.36. The highest BCUT2D eigenvalue weighted by molar-refractivity contribution is 7.95. The van der Waals surface area contributed by atoms with Gasteiger partial charge in [0.1, 0.15) is 5.25 Å². The van der Waals surface area contributed by atoms with Crippen molar-refractivity contribution >= 4 is 32.9 Å². The monoisotopic (exact) mass is 300 g/mol. The van der Waals surface area contributed by atoms with Crippen molar-refractivity contribution in [3.05, 3.63) is 29.3 Å². The number of thiocarbonyl (C=S) groups is 1. The van der Waals surface area contributed by atoms with Crippen LogP contribution in [0.5, 0.6) is 0 Å². The van der Waals surface area contributed by atoms with Gasteiger partial charge in [-0.25, -0.2) is 8.42 Å². The number of rotatable bonds is 5. The Hall–Kier alpha value is -1.14. The second kappa shape index (κ2) is 5.88. The summed E-state index contributed by atoms with van der Waals surface area (Å²) in [5, 5.41) is -0.901. The molecule has 0 fully saturated rings. The van der Waals surface area contributed by atoms with Crippen LogP contribution in [0, 0.1) is 6.92 Å². The van der Waals surface area contributed by atoms with Crippen molar-refractivity contribution in [2.45, 2.75) is 38.9 Å². The van der Waals surface area contributed by atoms with E-state index in [2.05, 4.69) is 4.72 Å². The zero-order chi connectivity index (χ0) is 14.8. The number of hydrogen-bond donors (Lipinski definition) is 2. The number of nitrogens with one attached hydrogen (secondary N) is 1. The molecule has 0 aromatic heterocycles. The van der Waals surface area contributed by atoms with Crippen molar-refractivity contribution in [2.24, 2.45) is 5.73 Å². The Morgan fingerprint density at radius 2 is 1.89 bits per heavy atom. The van der Waals surface area contributed by atoms with Crippen LogP contribution in [0.25, 0.3) is 0 Å². The maximum atomic E-state index is 12.2. The molecular formula is C13H20N2O2S2. The highest BCUT2D eigenvalue weighted by atomic mass is 32.2. The van der Waals surface area contributed by atoms with Crippen molar-refractivity contribution in [3.63, 3.8) is 0 Å². The van der Waals surface area contributed by atoms with Gasteiger partial charge < -0.3 is 5.73 Å². The van der Waals surface area contributed by atoms with Gasteiger partial charge in [0, 0.05) is 0 Å². The molecule has 106 valence electrons. The molecule has 1 aromatic carbocycles. The zero-order valence-electron chi connectivity index (χ0n) is 11.6. The molecule has 4 nitrogen and oxygen atoms in total. The molecule has 1 aromatic rings. The van der Waals surface area contributed by atoms with Gasteiger partial charge in [-0.1, -0.05) is 44.3 Å². The summed E-state index contributed by atoms with van der Waals surface area (Å²) in [6.07, 6.45) is 0. The predicted octanol–water partition coefficient (Wildman–Crippen LogP) is 2.53. The third kappa shape index (κ3) is 3.67. The van der Waals surface area contributed by atoms with Crippen LogP contribution in [0.2, 0.25) is 0 Å². The average Bonchev–Trinajstić information content (AvgIpc) is 2.30. The van der Waals surface area contributed by atoms with Crippen LogP contribution in [-0.2, 0) is 10.0 Å². The van der Waals surface area contributed by atoms with Gasteiger partial charge in [-0.15, -0.1) is 0 Å². The van der Waals surface area contributed by atoms with Crippen LogP contribution >= 0.6 is 12.2 Å². The van der Waals surface area contributed by atoms with E-state index in [1.807, 2.05) is 39.0 Å². The van der Waals surface area contributed by atoms with E-state index in [0.29, 0.717) is 5.69 Å². The molecule has 1 rings (SSSR count). The number of para-hydroxylation sites is 1. The molecule has 6 heteroatoms. The van der Waals surface area contributed by atoms with E-state index in [9.17, 15) is 8.42 Å². The van der Waals surface area contributed by atoms with E-state index in [-0.39, 0.29) is 10.9 Å². The Balaban J connectivity index is 3.23. The minimum absolute atomic E-state index is 0.0350. The lowest BCUT2D eigenvalue weighted by atomic mass is 9.99. The fourth-order valence-corrected chi connectivity index (χ4v) is 3.12. The lowest BCUT2D eigenvalue weighted by Crippen LogP contribution is -2.36. The predicted molar refractivity (Wildman–Crippen MR) is 84.1 cm³/mol. The number of anilines is 1. The maximum absolute atomic E-state index is 12.2. The minimum atomic E-state index is -3.61. The molecule has 1 unspecified atom stereocenters. The largest absolute Gasteiger partial charge is 0.392 e. The molecule has 3 N–H and O–H groups in total. The van der Waals surface area contributed by atoms with Crippen LogP contribution in [0.1, 0.15) is 37.8 Å². The summed E-state index contributed by atoms with van der Waals surface area (Å²) in [5.41, 5.74) is 7.89. The summed E-state index contributed by atoms with van der Waals surface area (Å²) in [6.45, 7) is 7.39. The molecule has 0 aliphatic rings. The molecule has 0 radical (unpaired) electrons. The normalized spacial score (nSPS) is 13.3. The topological polar surface area (TPSA) is 72.2 Å². The van der Waals surface area contributed by atoms with Crippen LogP contribution in [0.3, 0.4) is 0 Å². The number of benzene rings is 1. The van der Waals surface area contributed by atoms with Crippen molar-refractivity contribution in [3.8, 4) is 0 Å². The summed E-state index contributed by atoms with van der Waals surface area (Å²) in [5.74, 6) is 0.220. The molecule has 0 saturated carbocycles. The van der Waals surface area contributed by atoms with Crippen molar-refractivity contribution < 1.29 is 8.42 Å². The summed E-state index contributed by atoms with van der Waals surface area (Å²) in [4.78, 5) is -0.0350. The fraction of sp³-hybridized carbons (Fsp3) is 0.462. The van der Waals surface area contributed by atoms with Crippen molar-refractivity contribution in [2.75, 3.05) is 4.72 Å². The standard InChI is InChI=1S/C13H20N2O2S2/c1-8(2)11-7-5-6-9(3)12(11)15-19(16,17)10(4)13(14)18/h5-8,10,15H,1-4H3,(H2,14,18). The number of aryl methyl sites for hydroxylation is 1. The van der Waals surface area contributed by atoms with Gasteiger partial charge in [-0.2, -0.15) is 0 Å². The van der Waals surface area contributed by atoms with Gasteiger partial charge in [0.15, 0.2) is 0 Å². The quantitative estimate of drug-likeness (QED) is 0.820. The van der Waals surface area contributed by atoms with Gasteiger partial charge in [0.2, 0.25) is 10.0 Å². The Labute approximate surface area is 120 Å². The Morgan fingerprint density at radius 3 is 2.37 bits per heavy atom. The van der Waals surface area contributed by atoms with E-state index in [1.54, 1.807) is 0 Å². The van der Waals surface area contributed by atoms with Gasteiger partial charge in [-0.3, -0.25) is 4.72 Å². The fourth-order valence-electron chi connectivity index (χ4n) is 1.69. The molecule has 1 atom stereocenters. The van der Waals surface area contributed by atoms with Gasteiger partial charge in [-0.05, 0) is 30.9 Å². The van der Waals surface area contributed by atoms with E-state index in [4.69, 9.17) is 18.0 Å². The summed E-state index contributed by atoms with van der Waals surface area (Å²) in [7, 11) is -3.61. The summed E-state index contributed by atoms with van der Waals surface area (Å²) < 4.78 is 27.0. The van der Waals surface area contributed by atoms with Gasteiger partial charge >= 0.3 is 0 Å². The first-order valence-electron chi connectivity index (χ1n) is 6.07. The third-order valence-electron chi connectivity index (χ3n) is 3.04. The molecular weight excluding hydrogens is 280 g/mol. The second-order valence-electron chi connectivity index (χ2n) is 4.89. The highest BCUT2D eigenvalue weighted by Crippen LogP contribution is 2.28. The zero-order valence-corrected chi connectivity index (χ0v) is 13.2. The van der Waals surface area contributed by atoms with E-state index >= 15 is 0 Å². The van der Waals surface area contributed by atoms with Gasteiger partial charge in [0.25, 0.3) is 0 Å². The first-order valence-corrected chi connectivity index (χ1v) is 8.02. The Morgan fingerprint density at radius 1 is 1.32 bits per heavy atom. The molecule has 0 saturated heterocycles. The number of nitrogens with two attached hydrogens (primary N) is 1. The Bertz CT molecular complexity index is 580. The highest BCUT2D eigenvalue weighted by Gasteiger charge is 2.25. The van der Waals surface area contributed by atoms with E-state index in [1.165, 1.54) is 6.92 Å². The lowest BCUT2D eigenvalue weighted by Gasteiger charge is -2.19. The SMILES string of the molecule is Cc1cccc(C(C)C)c1NS(=O)(=O)C(C)C(N)=S. The minimum Gasteiger partial charge on any atom is -0.392 e. The molecule has 0 spiro atoms. The van der Waals surface area contributed by atoms with Crippen LogP contribution < -0.4 is 10.5 Å². The smallest absolute Gasteiger partial charge is 0.241 e. The van der Waals surface area contributed by atoms with Crippen LogP contribution in [0.15, 0.2) is 18.2 Å². The molecule has 19 heavy (non-hydrogen) atoms. The van der Waals surface area contributed by atoms with Crippen LogP contribution in [-0.4, -0.2) is 18.7 Å². The number of hydrogen-bond acceptors (Lipinski definition) is 3.